The van der Waals surface area contributed by atoms with Crippen molar-refractivity contribution in [3.05, 3.63) is 41.8 Å². The van der Waals surface area contributed by atoms with Gasteiger partial charge in [-0.1, -0.05) is 23.9 Å². The molecule has 0 aliphatic carbocycles. The largest absolute Gasteiger partial charge is 0.250 e. The number of hydrogen-bond acceptors (Lipinski definition) is 6. The molecule has 3 heterocycles. The van der Waals surface area contributed by atoms with Crippen LogP contribution in [0.25, 0.3) is 21.3 Å². The van der Waals surface area contributed by atoms with E-state index in [0.717, 1.165) is 32.3 Å². The molecule has 0 atom stereocenters. The molecule has 0 bridgehead atoms. The minimum atomic E-state index is 0.806. The van der Waals surface area contributed by atoms with Gasteiger partial charge in [-0.3, -0.25) is 4.68 Å². The first kappa shape index (κ1) is 12.7. The second-order valence-corrected chi connectivity index (χ2v) is 6.63. The van der Waals surface area contributed by atoms with Crippen molar-refractivity contribution < 1.29 is 0 Å². The molecule has 4 rings (SSSR count). The minimum Gasteiger partial charge on any atom is -0.250 e. The molecule has 0 saturated heterocycles. The molecule has 7 heteroatoms. The molecule has 0 aliphatic heterocycles. The Hall–Kier alpha value is -1.99. The monoisotopic (exact) mass is 313 g/mol. The number of thioether (sulfide) groups is 1. The molecule has 0 spiro atoms. The first-order valence-corrected chi connectivity index (χ1v) is 8.21. The van der Waals surface area contributed by atoms with Crippen LogP contribution in [0.15, 0.2) is 41.8 Å². The van der Waals surface area contributed by atoms with E-state index in [1.807, 2.05) is 31.4 Å². The fourth-order valence-electron chi connectivity index (χ4n) is 2.17. The average Bonchev–Trinajstić information content (AvgIpc) is 3.09. The van der Waals surface area contributed by atoms with Gasteiger partial charge in [-0.05, 0) is 12.1 Å². The van der Waals surface area contributed by atoms with Gasteiger partial charge >= 0.3 is 0 Å². The second kappa shape index (κ2) is 5.09. The van der Waals surface area contributed by atoms with Gasteiger partial charge in [0.1, 0.15) is 16.4 Å². The summed E-state index contributed by atoms with van der Waals surface area (Å²) < 4.78 is 2.99. The van der Waals surface area contributed by atoms with Crippen molar-refractivity contribution in [2.75, 3.05) is 0 Å². The van der Waals surface area contributed by atoms with E-state index in [-0.39, 0.29) is 0 Å². The van der Waals surface area contributed by atoms with E-state index in [1.165, 1.54) is 4.70 Å². The Morgan fingerprint density at radius 2 is 2.14 bits per heavy atom. The number of nitrogens with zero attached hydrogens (tertiary/aromatic N) is 5. The highest BCUT2D eigenvalue weighted by Gasteiger charge is 2.10. The number of thiazole rings is 1. The highest BCUT2D eigenvalue weighted by molar-refractivity contribution is 7.98. The molecule has 1 aromatic carbocycles. The van der Waals surface area contributed by atoms with Crippen LogP contribution in [-0.2, 0) is 12.8 Å². The summed E-state index contributed by atoms with van der Waals surface area (Å²) in [5.74, 6) is 0.806. The molecule has 0 N–H and O–H groups in total. The molecule has 0 fully saturated rings. The van der Waals surface area contributed by atoms with Crippen LogP contribution in [0, 0.1) is 0 Å². The molecular weight excluding hydrogens is 302 g/mol. The lowest BCUT2D eigenvalue weighted by Gasteiger charge is -1.99. The Morgan fingerprint density at radius 1 is 1.24 bits per heavy atom. The Kier molecular flexibility index (Phi) is 3.08. The van der Waals surface area contributed by atoms with Crippen molar-refractivity contribution in [1.29, 1.82) is 0 Å². The lowest BCUT2D eigenvalue weighted by Crippen LogP contribution is -1.92. The fraction of sp³-hybridized carbons (Fsp3) is 0.143. The van der Waals surface area contributed by atoms with Gasteiger partial charge in [0.15, 0.2) is 5.65 Å². The Balaban J connectivity index is 1.63. The third-order valence-electron chi connectivity index (χ3n) is 3.16. The number of aryl methyl sites for hydroxylation is 1. The van der Waals surface area contributed by atoms with E-state index in [2.05, 4.69) is 26.1 Å². The van der Waals surface area contributed by atoms with Crippen molar-refractivity contribution in [2.24, 2.45) is 7.05 Å². The zero-order valence-corrected chi connectivity index (χ0v) is 12.9. The maximum absolute atomic E-state index is 4.65. The number of aromatic nitrogens is 5. The number of hydrogen-bond donors (Lipinski definition) is 0. The third kappa shape index (κ3) is 2.28. The first-order chi connectivity index (χ1) is 10.3. The van der Waals surface area contributed by atoms with Gasteiger partial charge in [0, 0.05) is 7.05 Å². The van der Waals surface area contributed by atoms with Crippen molar-refractivity contribution in [2.45, 2.75) is 10.8 Å². The maximum Gasteiger partial charge on any atom is 0.162 e. The van der Waals surface area contributed by atoms with Crippen molar-refractivity contribution in [1.82, 2.24) is 24.7 Å². The van der Waals surface area contributed by atoms with E-state index in [9.17, 15) is 0 Å². The molecular formula is C14H11N5S2. The first-order valence-electron chi connectivity index (χ1n) is 6.41. The molecule has 0 unspecified atom stereocenters. The van der Waals surface area contributed by atoms with Gasteiger partial charge in [-0.15, -0.1) is 11.3 Å². The lowest BCUT2D eigenvalue weighted by atomic mass is 10.3. The van der Waals surface area contributed by atoms with Crippen LogP contribution in [0.1, 0.15) is 5.01 Å². The minimum absolute atomic E-state index is 0.806. The zero-order valence-electron chi connectivity index (χ0n) is 11.2. The van der Waals surface area contributed by atoms with E-state index >= 15 is 0 Å². The number of benzene rings is 1. The number of fused-ring (bicyclic) bond motifs is 2. The van der Waals surface area contributed by atoms with Gasteiger partial charge in [0.25, 0.3) is 0 Å². The number of para-hydroxylation sites is 1. The molecule has 0 radical (unpaired) electrons. The average molecular weight is 313 g/mol. The standard InChI is InChI=1S/C14H11N5S2/c1-19-13-9(6-17-19)14(16-8-15-13)20-7-12-18-10-4-2-3-5-11(10)21-12/h2-6,8H,7H2,1H3. The van der Waals surface area contributed by atoms with Crippen molar-refractivity contribution in [3.8, 4) is 0 Å². The SMILES string of the molecule is Cn1ncc2c(SCc3nc4ccccc4s3)ncnc21. The molecule has 21 heavy (non-hydrogen) atoms. The van der Waals surface area contributed by atoms with Gasteiger partial charge in [0.2, 0.25) is 0 Å². The fourth-order valence-corrected chi connectivity index (χ4v) is 4.09. The summed E-state index contributed by atoms with van der Waals surface area (Å²) in [5.41, 5.74) is 1.92. The van der Waals surface area contributed by atoms with E-state index in [1.54, 1.807) is 34.1 Å². The molecule has 4 aromatic rings. The molecule has 0 amide bonds. The topological polar surface area (TPSA) is 56.5 Å². The van der Waals surface area contributed by atoms with Gasteiger partial charge in [0.05, 0.1) is 27.6 Å². The van der Waals surface area contributed by atoms with Gasteiger partial charge < -0.3 is 0 Å². The Morgan fingerprint density at radius 3 is 3.05 bits per heavy atom. The highest BCUT2D eigenvalue weighted by atomic mass is 32.2. The van der Waals surface area contributed by atoms with Crippen LogP contribution in [-0.4, -0.2) is 24.7 Å². The summed E-state index contributed by atoms with van der Waals surface area (Å²) in [5, 5.41) is 7.29. The van der Waals surface area contributed by atoms with Crippen LogP contribution in [0.2, 0.25) is 0 Å². The van der Waals surface area contributed by atoms with Crippen molar-refractivity contribution >= 4 is 44.3 Å². The Labute approximate surface area is 129 Å². The molecule has 3 aromatic heterocycles. The van der Waals surface area contributed by atoms with Crippen LogP contribution < -0.4 is 0 Å². The normalized spacial score (nSPS) is 11.5. The smallest absolute Gasteiger partial charge is 0.162 e. The van der Waals surface area contributed by atoms with Crippen LogP contribution >= 0.6 is 23.1 Å². The molecule has 0 saturated carbocycles. The highest BCUT2D eigenvalue weighted by Crippen LogP contribution is 2.30. The Bertz CT molecular complexity index is 894. The van der Waals surface area contributed by atoms with E-state index in [0.29, 0.717) is 0 Å². The summed E-state index contributed by atoms with van der Waals surface area (Å²) in [6.45, 7) is 0. The van der Waals surface area contributed by atoms with E-state index in [4.69, 9.17) is 0 Å². The summed E-state index contributed by atoms with van der Waals surface area (Å²) in [7, 11) is 1.89. The second-order valence-electron chi connectivity index (χ2n) is 4.55. The molecule has 104 valence electrons. The van der Waals surface area contributed by atoms with Crippen LogP contribution in [0.5, 0.6) is 0 Å². The van der Waals surface area contributed by atoms with Crippen molar-refractivity contribution in [3.63, 3.8) is 0 Å². The van der Waals surface area contributed by atoms with Crippen LogP contribution in [0.4, 0.5) is 0 Å². The van der Waals surface area contributed by atoms with Crippen LogP contribution in [0.3, 0.4) is 0 Å². The predicted molar refractivity (Wildman–Crippen MR) is 85.5 cm³/mol. The zero-order chi connectivity index (χ0) is 14.2. The predicted octanol–water partition coefficient (Wildman–Crippen LogP) is 3.27. The molecule has 5 nitrogen and oxygen atoms in total. The van der Waals surface area contributed by atoms with E-state index < -0.39 is 0 Å². The summed E-state index contributed by atoms with van der Waals surface area (Å²) in [4.78, 5) is 13.3. The lowest BCUT2D eigenvalue weighted by molar-refractivity contribution is 0.784. The summed E-state index contributed by atoms with van der Waals surface area (Å²) >= 11 is 3.41. The number of rotatable bonds is 3. The molecule has 0 aliphatic rings. The summed E-state index contributed by atoms with van der Waals surface area (Å²) in [6.07, 6.45) is 3.40. The van der Waals surface area contributed by atoms with Gasteiger partial charge in [-0.2, -0.15) is 5.10 Å². The quantitative estimate of drug-likeness (QED) is 0.429. The van der Waals surface area contributed by atoms with Gasteiger partial charge in [-0.25, -0.2) is 15.0 Å². The maximum atomic E-state index is 4.65. The third-order valence-corrected chi connectivity index (χ3v) is 5.40. The summed E-state index contributed by atoms with van der Waals surface area (Å²) in [6, 6.07) is 8.21.